The van der Waals surface area contributed by atoms with Crippen molar-refractivity contribution >= 4 is 11.8 Å². The van der Waals surface area contributed by atoms with E-state index in [1.165, 1.54) is 12.1 Å². The van der Waals surface area contributed by atoms with Crippen LogP contribution in [0, 0.1) is 0 Å². The van der Waals surface area contributed by atoms with Crippen molar-refractivity contribution in [3.05, 3.63) is 78.0 Å². The van der Waals surface area contributed by atoms with Crippen molar-refractivity contribution in [2.45, 2.75) is 32.9 Å². The lowest BCUT2D eigenvalue weighted by atomic mass is 10.00. The second-order valence-corrected chi connectivity index (χ2v) is 8.83. The van der Waals surface area contributed by atoms with Gasteiger partial charge >= 0.3 is 12.3 Å². The zero-order valence-corrected chi connectivity index (χ0v) is 20.2. The minimum absolute atomic E-state index is 0.235. The van der Waals surface area contributed by atoms with Crippen LogP contribution in [0.25, 0.3) is 11.1 Å². The fourth-order valence-corrected chi connectivity index (χ4v) is 4.20. The van der Waals surface area contributed by atoms with Crippen LogP contribution < -0.4 is 9.64 Å². The third kappa shape index (κ3) is 6.54. The zero-order valence-electron chi connectivity index (χ0n) is 20.2. The number of alkyl halides is 3. The number of carbonyl (C=O) groups excluding carboxylic acids is 1. The van der Waals surface area contributed by atoms with Crippen LogP contribution in [0.3, 0.4) is 0 Å². The normalized spacial score (nSPS) is 14.7. The molecule has 0 radical (unpaired) electrons. The fourth-order valence-electron chi connectivity index (χ4n) is 4.20. The molecule has 0 saturated carbocycles. The molecule has 9 heteroatoms. The minimum Gasteiger partial charge on any atom is -0.459 e. The van der Waals surface area contributed by atoms with Gasteiger partial charge < -0.3 is 14.4 Å². The summed E-state index contributed by atoms with van der Waals surface area (Å²) in [4.78, 5) is 22.0. The van der Waals surface area contributed by atoms with E-state index in [4.69, 9.17) is 4.74 Å². The van der Waals surface area contributed by atoms with Gasteiger partial charge in [-0.15, -0.1) is 13.2 Å². The molecule has 36 heavy (non-hydrogen) atoms. The topological polar surface area (TPSA) is 54.9 Å². The molecule has 1 aliphatic rings. The highest BCUT2D eigenvalue weighted by Crippen LogP contribution is 2.31. The van der Waals surface area contributed by atoms with Crippen LogP contribution in [0.2, 0.25) is 0 Å². The Morgan fingerprint density at radius 2 is 1.64 bits per heavy atom. The van der Waals surface area contributed by atoms with Crippen molar-refractivity contribution in [3.8, 4) is 16.9 Å². The molecule has 0 spiro atoms. The van der Waals surface area contributed by atoms with E-state index in [9.17, 15) is 18.0 Å². The number of benzene rings is 2. The van der Waals surface area contributed by atoms with Crippen LogP contribution in [0.5, 0.6) is 5.75 Å². The van der Waals surface area contributed by atoms with Gasteiger partial charge in [-0.05, 0) is 43.2 Å². The van der Waals surface area contributed by atoms with Crippen molar-refractivity contribution in [1.82, 2.24) is 9.88 Å². The molecule has 0 atom stereocenters. The second kappa shape index (κ2) is 11.0. The largest absolute Gasteiger partial charge is 0.573 e. The summed E-state index contributed by atoms with van der Waals surface area (Å²) in [5.41, 5.74) is 3.03. The number of esters is 1. The molecule has 1 aliphatic heterocycles. The van der Waals surface area contributed by atoms with E-state index < -0.39 is 12.3 Å². The van der Waals surface area contributed by atoms with Gasteiger partial charge in [0.2, 0.25) is 0 Å². The van der Waals surface area contributed by atoms with Gasteiger partial charge in [-0.25, -0.2) is 9.78 Å². The maximum absolute atomic E-state index is 13.2. The number of ether oxygens (including phenoxy) is 2. The number of hydrogen-bond acceptors (Lipinski definition) is 6. The summed E-state index contributed by atoms with van der Waals surface area (Å²) in [5, 5.41) is 0. The average molecular weight is 500 g/mol. The molecule has 2 aromatic carbocycles. The van der Waals surface area contributed by atoms with Gasteiger partial charge in [-0.1, -0.05) is 42.5 Å². The molecule has 1 aromatic heterocycles. The molecule has 0 bridgehead atoms. The first-order chi connectivity index (χ1) is 17.2. The van der Waals surface area contributed by atoms with Gasteiger partial charge in [0, 0.05) is 44.5 Å². The Hall–Kier alpha value is -3.59. The Balaban J connectivity index is 1.48. The average Bonchev–Trinajstić information content (AvgIpc) is 2.84. The summed E-state index contributed by atoms with van der Waals surface area (Å²) in [5.74, 6) is -0.0490. The number of pyridine rings is 1. The number of halogens is 3. The van der Waals surface area contributed by atoms with Crippen molar-refractivity contribution in [2.75, 3.05) is 31.1 Å². The lowest BCUT2D eigenvalue weighted by molar-refractivity contribution is -0.274. The van der Waals surface area contributed by atoms with Crippen LogP contribution in [-0.4, -0.2) is 54.5 Å². The van der Waals surface area contributed by atoms with Gasteiger partial charge in [0.15, 0.2) is 0 Å². The Bertz CT molecular complexity index is 1160. The summed E-state index contributed by atoms with van der Waals surface area (Å²) >= 11 is 0. The number of nitrogens with zero attached hydrogens (tertiary/aromatic N) is 3. The molecule has 6 nitrogen and oxygen atoms in total. The van der Waals surface area contributed by atoms with E-state index in [0.717, 1.165) is 16.7 Å². The molecule has 1 saturated heterocycles. The molecule has 190 valence electrons. The Kier molecular flexibility index (Phi) is 7.79. The van der Waals surface area contributed by atoms with E-state index in [2.05, 4.69) is 19.5 Å². The van der Waals surface area contributed by atoms with Gasteiger partial charge in [0.05, 0.1) is 6.10 Å². The molecular formula is C27H28F3N3O3. The maximum atomic E-state index is 13.2. The molecule has 3 aromatic rings. The number of hydrogen-bond donors (Lipinski definition) is 0. The molecule has 0 aliphatic carbocycles. The van der Waals surface area contributed by atoms with Crippen LogP contribution in [0.4, 0.5) is 19.0 Å². The quantitative estimate of drug-likeness (QED) is 0.398. The zero-order chi connectivity index (χ0) is 25.7. The first kappa shape index (κ1) is 25.5. The van der Waals surface area contributed by atoms with Crippen LogP contribution in [0.1, 0.15) is 29.8 Å². The molecule has 1 fully saturated rings. The summed E-state index contributed by atoms with van der Waals surface area (Å²) < 4.78 is 46.7. The molecule has 0 N–H and O–H groups in total. The maximum Gasteiger partial charge on any atom is 0.573 e. The summed E-state index contributed by atoms with van der Waals surface area (Å²) in [6.45, 7) is 6.92. The molecular weight excluding hydrogens is 471 g/mol. The van der Waals surface area contributed by atoms with E-state index in [1.807, 2.05) is 50.2 Å². The molecule has 4 rings (SSSR count). The second-order valence-electron chi connectivity index (χ2n) is 8.83. The van der Waals surface area contributed by atoms with E-state index in [0.29, 0.717) is 44.1 Å². The van der Waals surface area contributed by atoms with Crippen molar-refractivity contribution in [1.29, 1.82) is 0 Å². The van der Waals surface area contributed by atoms with Gasteiger partial charge in [0.1, 0.15) is 17.1 Å². The number of piperazine rings is 1. The fraction of sp³-hybridized carbons (Fsp3) is 0.333. The Morgan fingerprint density at radius 3 is 2.25 bits per heavy atom. The number of rotatable bonds is 7. The summed E-state index contributed by atoms with van der Waals surface area (Å²) in [6.07, 6.45) is -3.26. The third-order valence-electron chi connectivity index (χ3n) is 5.80. The number of carbonyl (C=O) groups is 1. The molecule has 0 unspecified atom stereocenters. The third-order valence-corrected chi connectivity index (χ3v) is 5.80. The molecule has 0 amide bonds. The highest BCUT2D eigenvalue weighted by atomic mass is 19.4. The van der Waals surface area contributed by atoms with Crippen LogP contribution in [-0.2, 0) is 11.3 Å². The first-order valence-electron chi connectivity index (χ1n) is 11.8. The van der Waals surface area contributed by atoms with E-state index in [-0.39, 0.29) is 11.9 Å². The van der Waals surface area contributed by atoms with E-state index >= 15 is 0 Å². The highest BCUT2D eigenvalue weighted by Gasteiger charge is 2.31. The van der Waals surface area contributed by atoms with Crippen molar-refractivity contribution < 1.29 is 27.4 Å². The van der Waals surface area contributed by atoms with Gasteiger partial charge in [0.25, 0.3) is 0 Å². The standard InChI is InChI=1S/C27H28F3N3O3/c1-19(2)35-26(34)24-23(21-6-4-3-5-7-21)12-13-31-25(24)33-16-14-32(15-17-33)18-20-8-10-22(11-9-20)36-27(28,29)30/h3-13,19H,14-18H2,1-2H3. The minimum atomic E-state index is -4.70. The number of aromatic nitrogens is 1. The predicted molar refractivity (Wildman–Crippen MR) is 131 cm³/mol. The van der Waals surface area contributed by atoms with Crippen molar-refractivity contribution in [2.24, 2.45) is 0 Å². The van der Waals surface area contributed by atoms with Crippen molar-refractivity contribution in [3.63, 3.8) is 0 Å². The monoisotopic (exact) mass is 499 g/mol. The van der Waals surface area contributed by atoms with Crippen LogP contribution >= 0.6 is 0 Å². The Morgan fingerprint density at radius 1 is 0.972 bits per heavy atom. The lowest BCUT2D eigenvalue weighted by Crippen LogP contribution is -2.46. The molecule has 2 heterocycles. The number of anilines is 1. The predicted octanol–water partition coefficient (Wildman–Crippen LogP) is 5.53. The summed E-state index contributed by atoms with van der Waals surface area (Å²) in [7, 11) is 0. The smallest absolute Gasteiger partial charge is 0.459 e. The van der Waals surface area contributed by atoms with Gasteiger partial charge in [-0.2, -0.15) is 0 Å². The lowest BCUT2D eigenvalue weighted by Gasteiger charge is -2.36. The van der Waals surface area contributed by atoms with Gasteiger partial charge in [-0.3, -0.25) is 4.90 Å². The summed E-state index contributed by atoms with van der Waals surface area (Å²) in [6, 6.07) is 17.4. The SMILES string of the molecule is CC(C)OC(=O)c1c(-c2ccccc2)ccnc1N1CCN(Cc2ccc(OC(F)(F)F)cc2)CC1. The highest BCUT2D eigenvalue weighted by molar-refractivity contribution is 6.02. The van der Waals surface area contributed by atoms with Crippen LogP contribution in [0.15, 0.2) is 66.9 Å². The van der Waals surface area contributed by atoms with E-state index in [1.54, 1.807) is 18.3 Å². The first-order valence-corrected chi connectivity index (χ1v) is 11.8. The Labute approximate surface area is 208 Å².